The largest absolute Gasteiger partial charge is 0.466 e. The Kier molecular flexibility index (Phi) is 3.83. The van der Waals surface area contributed by atoms with Gasteiger partial charge in [0.15, 0.2) is 0 Å². The fourth-order valence-corrected chi connectivity index (χ4v) is 2.69. The molecule has 0 saturated carbocycles. The number of ether oxygens (including phenoxy) is 1. The van der Waals surface area contributed by atoms with Crippen LogP contribution in [0.3, 0.4) is 0 Å². The SMILES string of the molecule is CCOC(=O)Cc1c(-c2ccccc2N)[nH]c2ccccc12. The van der Waals surface area contributed by atoms with E-state index < -0.39 is 0 Å². The molecule has 3 aromatic rings. The highest BCUT2D eigenvalue weighted by atomic mass is 16.5. The Morgan fingerprint density at radius 3 is 2.64 bits per heavy atom. The van der Waals surface area contributed by atoms with Gasteiger partial charge in [0.2, 0.25) is 0 Å². The van der Waals surface area contributed by atoms with Crippen LogP contribution in [-0.4, -0.2) is 17.6 Å². The lowest BCUT2D eigenvalue weighted by Crippen LogP contribution is -2.08. The number of H-pyrrole nitrogens is 1. The number of hydrogen-bond acceptors (Lipinski definition) is 3. The second-order valence-corrected chi connectivity index (χ2v) is 5.09. The number of nitrogens with two attached hydrogens (primary N) is 1. The Hall–Kier alpha value is -2.75. The van der Waals surface area contributed by atoms with Crippen LogP contribution < -0.4 is 5.73 Å². The summed E-state index contributed by atoms with van der Waals surface area (Å²) in [6, 6.07) is 15.6. The average molecular weight is 294 g/mol. The molecule has 112 valence electrons. The second-order valence-electron chi connectivity index (χ2n) is 5.09. The third-order valence-electron chi connectivity index (χ3n) is 3.67. The Morgan fingerprint density at radius 2 is 1.86 bits per heavy atom. The highest BCUT2D eigenvalue weighted by Gasteiger charge is 2.17. The number of aromatic nitrogens is 1. The molecule has 0 radical (unpaired) electrons. The molecule has 3 rings (SSSR count). The van der Waals surface area contributed by atoms with E-state index in [0.29, 0.717) is 12.3 Å². The summed E-state index contributed by atoms with van der Waals surface area (Å²) < 4.78 is 5.10. The fourth-order valence-electron chi connectivity index (χ4n) is 2.69. The van der Waals surface area contributed by atoms with Crippen molar-refractivity contribution in [2.24, 2.45) is 0 Å². The van der Waals surface area contributed by atoms with Crippen molar-refractivity contribution < 1.29 is 9.53 Å². The Balaban J connectivity index is 2.17. The highest BCUT2D eigenvalue weighted by molar-refractivity contribution is 5.95. The van der Waals surface area contributed by atoms with Gasteiger partial charge in [0, 0.05) is 22.2 Å². The van der Waals surface area contributed by atoms with Crippen LogP contribution >= 0.6 is 0 Å². The van der Waals surface area contributed by atoms with E-state index in [-0.39, 0.29) is 12.4 Å². The van der Waals surface area contributed by atoms with Crippen molar-refractivity contribution in [2.75, 3.05) is 12.3 Å². The van der Waals surface area contributed by atoms with E-state index >= 15 is 0 Å². The van der Waals surface area contributed by atoms with Crippen LogP contribution in [0, 0.1) is 0 Å². The van der Waals surface area contributed by atoms with Gasteiger partial charge < -0.3 is 15.5 Å². The monoisotopic (exact) mass is 294 g/mol. The highest BCUT2D eigenvalue weighted by Crippen LogP contribution is 2.33. The van der Waals surface area contributed by atoms with E-state index in [1.807, 2.05) is 55.5 Å². The molecule has 22 heavy (non-hydrogen) atoms. The molecule has 0 aliphatic carbocycles. The third kappa shape index (κ3) is 2.55. The molecule has 0 saturated heterocycles. The van der Waals surface area contributed by atoms with E-state index in [9.17, 15) is 4.79 Å². The number of fused-ring (bicyclic) bond motifs is 1. The first-order valence-corrected chi connectivity index (χ1v) is 7.30. The molecule has 4 heteroatoms. The van der Waals surface area contributed by atoms with Gasteiger partial charge in [0.05, 0.1) is 18.7 Å². The quantitative estimate of drug-likeness (QED) is 0.571. The van der Waals surface area contributed by atoms with Crippen molar-refractivity contribution >= 4 is 22.6 Å². The van der Waals surface area contributed by atoms with E-state index in [1.165, 1.54) is 0 Å². The fraction of sp³-hybridized carbons (Fsp3) is 0.167. The topological polar surface area (TPSA) is 68.1 Å². The number of hydrogen-bond donors (Lipinski definition) is 2. The molecule has 0 spiro atoms. The van der Waals surface area contributed by atoms with Crippen LogP contribution in [-0.2, 0) is 16.0 Å². The van der Waals surface area contributed by atoms with Crippen molar-refractivity contribution in [3.8, 4) is 11.3 Å². The molecule has 1 heterocycles. The maximum atomic E-state index is 12.0. The molecule has 0 bridgehead atoms. The number of esters is 1. The predicted molar refractivity (Wildman–Crippen MR) is 88.5 cm³/mol. The zero-order chi connectivity index (χ0) is 15.5. The molecule has 4 nitrogen and oxygen atoms in total. The van der Waals surface area contributed by atoms with Gasteiger partial charge in [-0.2, -0.15) is 0 Å². The number of nitrogens with one attached hydrogen (secondary N) is 1. The van der Waals surface area contributed by atoms with Gasteiger partial charge in [-0.25, -0.2) is 0 Å². The van der Waals surface area contributed by atoms with Gasteiger partial charge in [-0.15, -0.1) is 0 Å². The normalized spacial score (nSPS) is 10.8. The zero-order valence-electron chi connectivity index (χ0n) is 12.4. The van der Waals surface area contributed by atoms with Crippen molar-refractivity contribution in [3.63, 3.8) is 0 Å². The van der Waals surface area contributed by atoms with E-state index in [4.69, 9.17) is 10.5 Å². The van der Waals surface area contributed by atoms with Crippen LogP contribution in [0.15, 0.2) is 48.5 Å². The van der Waals surface area contributed by atoms with Gasteiger partial charge in [-0.1, -0.05) is 36.4 Å². The summed E-state index contributed by atoms with van der Waals surface area (Å²) >= 11 is 0. The van der Waals surface area contributed by atoms with Gasteiger partial charge in [-0.05, 0) is 24.6 Å². The van der Waals surface area contributed by atoms with Crippen LogP contribution in [0.4, 0.5) is 5.69 Å². The summed E-state index contributed by atoms with van der Waals surface area (Å²) in [4.78, 5) is 15.3. The van der Waals surface area contributed by atoms with E-state index in [2.05, 4.69) is 4.98 Å². The van der Waals surface area contributed by atoms with Crippen molar-refractivity contribution in [1.29, 1.82) is 0 Å². The molecule has 3 N–H and O–H groups in total. The number of aromatic amines is 1. The van der Waals surface area contributed by atoms with Gasteiger partial charge in [0.25, 0.3) is 0 Å². The molecule has 0 aliphatic heterocycles. The molecule has 2 aromatic carbocycles. The predicted octanol–water partition coefficient (Wildman–Crippen LogP) is 3.52. The molecular formula is C18H18N2O2. The Morgan fingerprint density at radius 1 is 1.14 bits per heavy atom. The molecular weight excluding hydrogens is 276 g/mol. The number of nitrogen functional groups attached to an aromatic ring is 1. The molecule has 0 atom stereocenters. The minimum Gasteiger partial charge on any atom is -0.466 e. The Labute approximate surface area is 128 Å². The van der Waals surface area contributed by atoms with Crippen LogP contribution in [0.25, 0.3) is 22.2 Å². The van der Waals surface area contributed by atoms with Crippen LogP contribution in [0.1, 0.15) is 12.5 Å². The smallest absolute Gasteiger partial charge is 0.310 e. The van der Waals surface area contributed by atoms with Gasteiger partial charge in [-0.3, -0.25) is 4.79 Å². The summed E-state index contributed by atoms with van der Waals surface area (Å²) in [5.74, 6) is -0.233. The van der Waals surface area contributed by atoms with Crippen molar-refractivity contribution in [1.82, 2.24) is 4.98 Å². The summed E-state index contributed by atoms with van der Waals surface area (Å²) in [7, 11) is 0. The molecule has 1 aromatic heterocycles. The summed E-state index contributed by atoms with van der Waals surface area (Å²) in [5, 5.41) is 1.02. The zero-order valence-corrected chi connectivity index (χ0v) is 12.4. The van der Waals surface area contributed by atoms with Crippen LogP contribution in [0.2, 0.25) is 0 Å². The number of carbonyl (C=O) groups excluding carboxylic acids is 1. The van der Waals surface area contributed by atoms with Crippen molar-refractivity contribution in [3.05, 3.63) is 54.1 Å². The summed E-state index contributed by atoms with van der Waals surface area (Å²) in [6.07, 6.45) is 0.224. The summed E-state index contributed by atoms with van der Waals surface area (Å²) in [5.41, 5.74) is 10.5. The number of carbonyl (C=O) groups is 1. The molecule has 0 fully saturated rings. The van der Waals surface area contributed by atoms with E-state index in [1.54, 1.807) is 0 Å². The van der Waals surface area contributed by atoms with E-state index in [0.717, 1.165) is 27.7 Å². The minimum atomic E-state index is -0.233. The lowest BCUT2D eigenvalue weighted by Gasteiger charge is -2.07. The number of benzene rings is 2. The molecule has 0 amide bonds. The maximum Gasteiger partial charge on any atom is 0.310 e. The Bertz CT molecular complexity index is 821. The first-order valence-electron chi connectivity index (χ1n) is 7.30. The van der Waals surface area contributed by atoms with Crippen LogP contribution in [0.5, 0.6) is 0 Å². The maximum absolute atomic E-state index is 12.0. The van der Waals surface area contributed by atoms with Crippen molar-refractivity contribution in [2.45, 2.75) is 13.3 Å². The lowest BCUT2D eigenvalue weighted by atomic mass is 10.0. The second kappa shape index (κ2) is 5.93. The summed E-state index contributed by atoms with van der Waals surface area (Å²) in [6.45, 7) is 2.19. The number of anilines is 1. The van der Waals surface area contributed by atoms with Gasteiger partial charge in [0.1, 0.15) is 0 Å². The number of rotatable bonds is 4. The average Bonchev–Trinajstić information content (AvgIpc) is 2.87. The molecule has 0 unspecified atom stereocenters. The first kappa shape index (κ1) is 14.2. The molecule has 0 aliphatic rings. The minimum absolute atomic E-state index is 0.224. The third-order valence-corrected chi connectivity index (χ3v) is 3.67. The first-order chi connectivity index (χ1) is 10.7. The standard InChI is InChI=1S/C18H18N2O2/c1-2-22-17(21)11-14-12-7-4-6-10-16(12)20-18(14)13-8-3-5-9-15(13)19/h3-10,20H,2,11,19H2,1H3. The van der Waals surface area contributed by atoms with Gasteiger partial charge >= 0.3 is 5.97 Å². The number of para-hydroxylation sites is 2. The lowest BCUT2D eigenvalue weighted by molar-refractivity contribution is -0.142.